The first-order valence-corrected chi connectivity index (χ1v) is 15.2. The standard InChI is InChI=1S/C40H35NO2/c1-38(2,3)24-19-21-28-27(22-24)37(42)26-20-18-25(39(4,5)6)23-31(26)40(28)29-12-7-8-14-32(29)41-33-15-9-10-16-34(33)43-35-17-11-13-30(40)36(35)41/h7-23H,1-6H3. The molecule has 2 aliphatic heterocycles. The molecule has 0 bridgehead atoms. The Balaban J connectivity index is 1.57. The molecule has 3 heteroatoms. The Labute approximate surface area is 253 Å². The van der Waals surface area contributed by atoms with Gasteiger partial charge in [0.1, 0.15) is 0 Å². The average molecular weight is 562 g/mol. The molecule has 1 atom stereocenters. The molecule has 43 heavy (non-hydrogen) atoms. The van der Waals surface area contributed by atoms with Gasteiger partial charge in [-0.25, -0.2) is 0 Å². The Bertz CT molecular complexity index is 2000. The van der Waals surface area contributed by atoms with Gasteiger partial charge in [-0.05, 0) is 74.5 Å². The minimum absolute atomic E-state index is 0.0893. The molecular formula is C40H35NO2. The molecule has 5 aromatic rings. The van der Waals surface area contributed by atoms with Gasteiger partial charge >= 0.3 is 0 Å². The fourth-order valence-corrected chi connectivity index (χ4v) is 7.40. The van der Waals surface area contributed by atoms with Crippen LogP contribution in [0.15, 0.2) is 103 Å². The van der Waals surface area contributed by atoms with Gasteiger partial charge in [-0.15, -0.1) is 0 Å². The fraction of sp³-hybridized carbons (Fsp3) is 0.225. The minimum atomic E-state index is -0.718. The van der Waals surface area contributed by atoms with E-state index in [4.69, 9.17) is 4.74 Å². The number of hydrogen-bond donors (Lipinski definition) is 0. The number of hydrogen-bond acceptors (Lipinski definition) is 3. The highest BCUT2D eigenvalue weighted by molar-refractivity contribution is 6.15. The molecule has 0 radical (unpaired) electrons. The normalized spacial score (nSPS) is 17.8. The van der Waals surface area contributed by atoms with E-state index in [2.05, 4.69) is 137 Å². The van der Waals surface area contributed by atoms with Crippen LogP contribution in [-0.4, -0.2) is 5.78 Å². The molecule has 8 rings (SSSR count). The van der Waals surface area contributed by atoms with Crippen molar-refractivity contribution in [2.45, 2.75) is 57.8 Å². The topological polar surface area (TPSA) is 29.5 Å². The van der Waals surface area contributed by atoms with Crippen LogP contribution in [0.2, 0.25) is 0 Å². The van der Waals surface area contributed by atoms with Crippen LogP contribution in [0.25, 0.3) is 0 Å². The molecule has 212 valence electrons. The maximum atomic E-state index is 14.5. The number of ether oxygens (including phenoxy) is 1. The van der Waals surface area contributed by atoms with Gasteiger partial charge in [-0.1, -0.05) is 114 Å². The quantitative estimate of drug-likeness (QED) is 0.184. The molecule has 5 aromatic carbocycles. The SMILES string of the molecule is CC(C)(C)c1ccc2c(c1)C(=O)c1ccc(C(C)(C)C)cc1C21c2ccccc2N2c3ccccc3Oc3cccc1c32. The minimum Gasteiger partial charge on any atom is -0.453 e. The van der Waals surface area contributed by atoms with Crippen molar-refractivity contribution in [3.05, 3.63) is 148 Å². The van der Waals surface area contributed by atoms with Crippen LogP contribution < -0.4 is 9.64 Å². The molecule has 3 aliphatic rings. The van der Waals surface area contributed by atoms with E-state index in [1.54, 1.807) is 0 Å². The smallest absolute Gasteiger partial charge is 0.193 e. The zero-order valence-electron chi connectivity index (χ0n) is 25.6. The molecule has 0 N–H and O–H groups in total. The van der Waals surface area contributed by atoms with Crippen molar-refractivity contribution in [3.63, 3.8) is 0 Å². The predicted molar refractivity (Wildman–Crippen MR) is 174 cm³/mol. The first kappa shape index (κ1) is 26.0. The summed E-state index contributed by atoms with van der Waals surface area (Å²) in [5.41, 5.74) is 10.5. The van der Waals surface area contributed by atoms with E-state index in [1.165, 1.54) is 11.1 Å². The van der Waals surface area contributed by atoms with Gasteiger partial charge in [0.25, 0.3) is 0 Å². The number of carbonyl (C=O) groups is 1. The summed E-state index contributed by atoms with van der Waals surface area (Å²) in [6, 6.07) is 36.5. The second-order valence-corrected chi connectivity index (χ2v) is 14.2. The van der Waals surface area contributed by atoms with Crippen LogP contribution in [0.5, 0.6) is 11.5 Å². The summed E-state index contributed by atoms with van der Waals surface area (Å²) in [5, 5.41) is 0. The lowest BCUT2D eigenvalue weighted by atomic mass is 9.56. The first-order chi connectivity index (χ1) is 20.5. The Hall–Kier alpha value is -4.63. The lowest BCUT2D eigenvalue weighted by Crippen LogP contribution is -2.43. The van der Waals surface area contributed by atoms with Crippen molar-refractivity contribution in [1.29, 1.82) is 0 Å². The van der Waals surface area contributed by atoms with Crippen molar-refractivity contribution in [1.82, 2.24) is 0 Å². The van der Waals surface area contributed by atoms with Crippen LogP contribution >= 0.6 is 0 Å². The first-order valence-electron chi connectivity index (χ1n) is 15.2. The second kappa shape index (κ2) is 8.48. The predicted octanol–water partition coefficient (Wildman–Crippen LogP) is 10.1. The van der Waals surface area contributed by atoms with Gasteiger partial charge in [-0.3, -0.25) is 4.79 Å². The number of ketones is 1. The van der Waals surface area contributed by atoms with Crippen LogP contribution in [-0.2, 0) is 16.2 Å². The molecule has 1 spiro atoms. The Morgan fingerprint density at radius 2 is 1.19 bits per heavy atom. The van der Waals surface area contributed by atoms with Crippen LogP contribution in [0.3, 0.4) is 0 Å². The third-order valence-electron chi connectivity index (χ3n) is 9.57. The number of para-hydroxylation sites is 4. The summed E-state index contributed by atoms with van der Waals surface area (Å²) in [6.45, 7) is 13.3. The average Bonchev–Trinajstić information content (AvgIpc) is 2.99. The number of benzene rings is 5. The Kier molecular flexibility index (Phi) is 5.13. The highest BCUT2D eigenvalue weighted by Crippen LogP contribution is 2.64. The summed E-state index contributed by atoms with van der Waals surface area (Å²) in [5.74, 6) is 1.75. The van der Waals surface area contributed by atoms with E-state index in [0.29, 0.717) is 0 Å². The van der Waals surface area contributed by atoms with Gasteiger partial charge in [0, 0.05) is 11.1 Å². The van der Waals surface area contributed by atoms with Gasteiger partial charge in [0.15, 0.2) is 17.3 Å². The number of fused-ring (bicyclic) bond motifs is 10. The lowest BCUT2D eigenvalue weighted by Gasteiger charge is -2.50. The van der Waals surface area contributed by atoms with Gasteiger partial charge < -0.3 is 9.64 Å². The molecule has 1 unspecified atom stereocenters. The van der Waals surface area contributed by atoms with Crippen molar-refractivity contribution < 1.29 is 9.53 Å². The number of carbonyl (C=O) groups excluding carboxylic acids is 1. The molecule has 1 aliphatic carbocycles. The Morgan fingerprint density at radius 1 is 0.558 bits per heavy atom. The number of nitrogens with zero attached hydrogens (tertiary/aromatic N) is 1. The summed E-state index contributed by atoms with van der Waals surface area (Å²) in [7, 11) is 0. The molecule has 2 heterocycles. The van der Waals surface area contributed by atoms with Crippen LogP contribution in [0, 0.1) is 0 Å². The zero-order chi connectivity index (χ0) is 29.9. The molecule has 0 fully saturated rings. The highest BCUT2D eigenvalue weighted by Gasteiger charge is 2.53. The molecule has 0 saturated carbocycles. The van der Waals surface area contributed by atoms with Gasteiger partial charge in [-0.2, -0.15) is 0 Å². The van der Waals surface area contributed by atoms with Crippen LogP contribution in [0.4, 0.5) is 17.1 Å². The summed E-state index contributed by atoms with van der Waals surface area (Å²) in [4.78, 5) is 16.9. The lowest BCUT2D eigenvalue weighted by molar-refractivity contribution is 0.103. The second-order valence-electron chi connectivity index (χ2n) is 14.2. The summed E-state index contributed by atoms with van der Waals surface area (Å²) in [6.07, 6.45) is 0. The van der Waals surface area contributed by atoms with Crippen LogP contribution in [0.1, 0.15) is 90.8 Å². The van der Waals surface area contributed by atoms with Crippen molar-refractivity contribution in [3.8, 4) is 11.5 Å². The molecule has 3 nitrogen and oxygen atoms in total. The van der Waals surface area contributed by atoms with E-state index in [-0.39, 0.29) is 16.6 Å². The van der Waals surface area contributed by atoms with E-state index < -0.39 is 5.41 Å². The summed E-state index contributed by atoms with van der Waals surface area (Å²) >= 11 is 0. The van der Waals surface area contributed by atoms with E-state index >= 15 is 0 Å². The largest absolute Gasteiger partial charge is 0.453 e. The van der Waals surface area contributed by atoms with Crippen molar-refractivity contribution in [2.75, 3.05) is 4.90 Å². The maximum Gasteiger partial charge on any atom is 0.193 e. The molecular weight excluding hydrogens is 526 g/mol. The fourth-order valence-electron chi connectivity index (χ4n) is 7.40. The molecule has 0 aromatic heterocycles. The third kappa shape index (κ3) is 3.39. The van der Waals surface area contributed by atoms with Gasteiger partial charge in [0.05, 0.1) is 22.5 Å². The zero-order valence-corrected chi connectivity index (χ0v) is 25.6. The highest BCUT2D eigenvalue weighted by atomic mass is 16.5. The molecule has 0 amide bonds. The third-order valence-corrected chi connectivity index (χ3v) is 9.57. The number of rotatable bonds is 0. The van der Waals surface area contributed by atoms with E-state index in [1.807, 2.05) is 12.1 Å². The maximum absolute atomic E-state index is 14.5. The monoisotopic (exact) mass is 561 g/mol. The summed E-state index contributed by atoms with van der Waals surface area (Å²) < 4.78 is 6.60. The van der Waals surface area contributed by atoms with Crippen molar-refractivity contribution >= 4 is 22.8 Å². The Morgan fingerprint density at radius 3 is 1.95 bits per heavy atom. The van der Waals surface area contributed by atoms with Crippen molar-refractivity contribution in [2.24, 2.45) is 0 Å². The van der Waals surface area contributed by atoms with E-state index in [9.17, 15) is 4.79 Å². The number of anilines is 3. The van der Waals surface area contributed by atoms with Gasteiger partial charge in [0.2, 0.25) is 0 Å². The molecule has 0 saturated heterocycles. The van der Waals surface area contributed by atoms with E-state index in [0.717, 1.165) is 61.9 Å².